The predicted molar refractivity (Wildman–Crippen MR) is 123 cm³/mol. The topological polar surface area (TPSA) is 58.6 Å². The van der Waals surface area contributed by atoms with E-state index in [0.717, 1.165) is 30.1 Å². The van der Waals surface area contributed by atoms with Gasteiger partial charge < -0.3 is 15.2 Å². The number of hydrogen-bond donors (Lipinski definition) is 2. The molecule has 0 unspecified atom stereocenters. The van der Waals surface area contributed by atoms with Crippen LogP contribution >= 0.6 is 0 Å². The number of ether oxygens (including phenoxy) is 1. The average molecular weight is 412 g/mol. The molecule has 0 amide bonds. The van der Waals surface area contributed by atoms with Gasteiger partial charge in [-0.1, -0.05) is 39.0 Å². The van der Waals surface area contributed by atoms with E-state index in [4.69, 9.17) is 4.74 Å². The molecule has 0 aromatic heterocycles. The highest BCUT2D eigenvalue weighted by Crippen LogP contribution is 2.39. The van der Waals surface area contributed by atoms with Crippen LogP contribution in [0, 0.1) is 16.7 Å². The van der Waals surface area contributed by atoms with Crippen LogP contribution in [0.2, 0.25) is 0 Å². The average Bonchev–Trinajstić information content (AvgIpc) is 2.67. The summed E-state index contributed by atoms with van der Waals surface area (Å²) < 4.78 is 6.31. The molecule has 2 aromatic carbocycles. The number of fused-ring (bicyclic) bond motifs is 1. The zero-order valence-electron chi connectivity index (χ0n) is 19.1. The molecular weight excluding hydrogens is 374 g/mol. The fraction of sp³-hybridized carbons (Fsp3) is 0.577. The summed E-state index contributed by atoms with van der Waals surface area (Å²) >= 11 is 0. The van der Waals surface area contributed by atoms with Crippen LogP contribution in [0.15, 0.2) is 36.4 Å². The number of benzene rings is 2. The molecule has 0 aliphatic heterocycles. The van der Waals surface area contributed by atoms with Crippen molar-refractivity contribution in [3.8, 4) is 5.75 Å². The van der Waals surface area contributed by atoms with E-state index >= 15 is 0 Å². The fourth-order valence-corrected chi connectivity index (χ4v) is 4.29. The van der Waals surface area contributed by atoms with Gasteiger partial charge in [-0.05, 0) is 85.4 Å². The Morgan fingerprint density at radius 2 is 1.63 bits per heavy atom. The molecule has 0 spiro atoms. The van der Waals surface area contributed by atoms with Crippen molar-refractivity contribution in [3.05, 3.63) is 42.0 Å². The molecule has 4 heteroatoms. The number of carbonyl (C=O) groups is 1. The molecule has 0 radical (unpaired) electrons. The molecule has 2 N–H and O–H groups in total. The maximum atomic E-state index is 11.2. The van der Waals surface area contributed by atoms with E-state index in [0.29, 0.717) is 24.6 Å². The number of hydrogen-bond acceptors (Lipinski definition) is 3. The van der Waals surface area contributed by atoms with Crippen LogP contribution in [0.3, 0.4) is 0 Å². The Morgan fingerprint density at radius 1 is 1.00 bits per heavy atom. The van der Waals surface area contributed by atoms with Gasteiger partial charge in [-0.25, -0.2) is 0 Å². The van der Waals surface area contributed by atoms with Crippen LogP contribution in [0.4, 0.5) is 0 Å². The molecule has 1 fully saturated rings. The first-order chi connectivity index (χ1) is 14.0. The lowest BCUT2D eigenvalue weighted by Gasteiger charge is -2.37. The standard InChI is InChI=1S/C26H37NO3/c1-25(2,3)21-9-12-22(13-10-21)30-23-11-8-19-14-18(6-7-20(19)15-23)16-27-17-26(4,5)24(28)29/h6-8,11,14-15,21-22,27H,9-10,12-13,16-17H2,1-5H3,(H,28,29)/t21-,22-. The molecule has 0 saturated heterocycles. The minimum Gasteiger partial charge on any atom is -0.490 e. The quantitative estimate of drug-likeness (QED) is 0.584. The first-order valence-electron chi connectivity index (χ1n) is 11.2. The Bertz CT molecular complexity index is 873. The Morgan fingerprint density at radius 3 is 2.27 bits per heavy atom. The summed E-state index contributed by atoms with van der Waals surface area (Å²) in [6, 6.07) is 12.7. The van der Waals surface area contributed by atoms with Crippen molar-refractivity contribution in [1.82, 2.24) is 5.32 Å². The monoisotopic (exact) mass is 411 g/mol. The van der Waals surface area contributed by atoms with Crippen LogP contribution in [0.5, 0.6) is 5.75 Å². The third-order valence-electron chi connectivity index (χ3n) is 6.55. The largest absolute Gasteiger partial charge is 0.490 e. The van der Waals surface area contributed by atoms with Crippen molar-refractivity contribution in [3.63, 3.8) is 0 Å². The molecule has 0 heterocycles. The second-order valence-corrected chi connectivity index (χ2v) is 10.6. The molecule has 164 valence electrons. The Kier molecular flexibility index (Phi) is 6.76. The summed E-state index contributed by atoms with van der Waals surface area (Å²) in [5.74, 6) is 0.964. The summed E-state index contributed by atoms with van der Waals surface area (Å²) in [5, 5.41) is 14.8. The molecule has 1 aliphatic carbocycles. The molecule has 3 rings (SSSR count). The summed E-state index contributed by atoms with van der Waals surface area (Å²) in [5.41, 5.74) is 0.775. The van der Waals surface area contributed by atoms with Crippen molar-refractivity contribution in [2.24, 2.45) is 16.7 Å². The van der Waals surface area contributed by atoms with Gasteiger partial charge in [0.15, 0.2) is 0 Å². The molecule has 4 nitrogen and oxygen atoms in total. The van der Waals surface area contributed by atoms with Gasteiger partial charge in [0.1, 0.15) is 5.75 Å². The maximum Gasteiger partial charge on any atom is 0.310 e. The third kappa shape index (κ3) is 5.75. The van der Waals surface area contributed by atoms with Crippen molar-refractivity contribution >= 4 is 16.7 Å². The molecule has 1 aliphatic rings. The number of carboxylic acids is 1. The summed E-state index contributed by atoms with van der Waals surface area (Å²) in [4.78, 5) is 11.2. The highest BCUT2D eigenvalue weighted by molar-refractivity contribution is 5.84. The molecule has 1 saturated carbocycles. The smallest absolute Gasteiger partial charge is 0.310 e. The molecule has 30 heavy (non-hydrogen) atoms. The second-order valence-electron chi connectivity index (χ2n) is 10.6. The summed E-state index contributed by atoms with van der Waals surface area (Å²) in [7, 11) is 0. The Balaban J connectivity index is 1.57. The van der Waals surface area contributed by atoms with Gasteiger partial charge in [0.2, 0.25) is 0 Å². The van der Waals surface area contributed by atoms with Gasteiger partial charge in [0.25, 0.3) is 0 Å². The van der Waals surface area contributed by atoms with Crippen LogP contribution in [-0.4, -0.2) is 23.7 Å². The summed E-state index contributed by atoms with van der Waals surface area (Å²) in [6.07, 6.45) is 5.09. The van der Waals surface area contributed by atoms with E-state index in [1.807, 2.05) is 0 Å². The van der Waals surface area contributed by atoms with Gasteiger partial charge in [-0.3, -0.25) is 4.79 Å². The minimum absolute atomic E-state index is 0.321. The third-order valence-corrected chi connectivity index (χ3v) is 6.55. The number of carboxylic acid groups (broad SMARTS) is 1. The van der Waals surface area contributed by atoms with E-state index in [2.05, 4.69) is 62.5 Å². The van der Waals surface area contributed by atoms with Crippen LogP contribution < -0.4 is 10.1 Å². The zero-order valence-corrected chi connectivity index (χ0v) is 19.1. The fourth-order valence-electron chi connectivity index (χ4n) is 4.29. The predicted octanol–water partition coefficient (Wildman–Crippen LogP) is 6.02. The van der Waals surface area contributed by atoms with Gasteiger partial charge in [0, 0.05) is 13.1 Å². The molecular formula is C26H37NO3. The summed E-state index contributed by atoms with van der Waals surface area (Å²) in [6.45, 7) is 11.6. The first-order valence-corrected chi connectivity index (χ1v) is 11.2. The van der Waals surface area contributed by atoms with Gasteiger partial charge in [-0.15, -0.1) is 0 Å². The number of nitrogens with one attached hydrogen (secondary N) is 1. The van der Waals surface area contributed by atoms with Gasteiger partial charge >= 0.3 is 5.97 Å². The Labute approximate surface area is 181 Å². The minimum atomic E-state index is -0.784. The van der Waals surface area contributed by atoms with E-state index in [1.165, 1.54) is 23.6 Å². The molecule has 2 aromatic rings. The normalized spacial score (nSPS) is 20.3. The molecule has 0 atom stereocenters. The SMILES string of the molecule is CC(C)(CNCc1ccc2cc(O[C@H]3CC[C@H](C(C)(C)C)CC3)ccc2c1)C(=O)O. The van der Waals surface area contributed by atoms with Gasteiger partial charge in [0.05, 0.1) is 11.5 Å². The highest BCUT2D eigenvalue weighted by atomic mass is 16.5. The van der Waals surface area contributed by atoms with E-state index in [-0.39, 0.29) is 0 Å². The van der Waals surface area contributed by atoms with E-state index < -0.39 is 11.4 Å². The van der Waals surface area contributed by atoms with Crippen molar-refractivity contribution in [1.29, 1.82) is 0 Å². The van der Waals surface area contributed by atoms with E-state index in [9.17, 15) is 9.90 Å². The number of rotatable bonds is 7. The van der Waals surface area contributed by atoms with Crippen LogP contribution in [0.25, 0.3) is 10.8 Å². The lowest BCUT2D eigenvalue weighted by Crippen LogP contribution is -2.35. The zero-order chi connectivity index (χ0) is 21.9. The van der Waals surface area contributed by atoms with Gasteiger partial charge in [-0.2, -0.15) is 0 Å². The molecule has 0 bridgehead atoms. The second kappa shape index (κ2) is 8.97. The Hall–Kier alpha value is -2.07. The van der Waals surface area contributed by atoms with Crippen LogP contribution in [-0.2, 0) is 11.3 Å². The van der Waals surface area contributed by atoms with Crippen molar-refractivity contribution < 1.29 is 14.6 Å². The highest BCUT2D eigenvalue weighted by Gasteiger charge is 2.30. The number of aliphatic carboxylic acids is 1. The van der Waals surface area contributed by atoms with E-state index in [1.54, 1.807) is 13.8 Å². The lowest BCUT2D eigenvalue weighted by atomic mass is 9.72. The van der Waals surface area contributed by atoms with Crippen molar-refractivity contribution in [2.45, 2.75) is 73.0 Å². The van der Waals surface area contributed by atoms with Crippen LogP contribution in [0.1, 0.15) is 65.9 Å². The maximum absolute atomic E-state index is 11.2. The lowest BCUT2D eigenvalue weighted by molar-refractivity contribution is -0.146. The van der Waals surface area contributed by atoms with Crippen molar-refractivity contribution in [2.75, 3.05) is 6.54 Å². The first kappa shape index (κ1) is 22.6.